The molecule has 1 unspecified atom stereocenters. The monoisotopic (exact) mass is 247 g/mol. The van der Waals surface area contributed by atoms with Crippen LogP contribution in [0.5, 0.6) is 0 Å². The predicted octanol–water partition coefficient (Wildman–Crippen LogP) is 3.32. The van der Waals surface area contributed by atoms with Crippen molar-refractivity contribution in [1.29, 1.82) is 0 Å². The molecule has 1 aromatic carbocycles. The molecule has 2 aromatic rings. The van der Waals surface area contributed by atoms with Crippen LogP contribution in [-0.4, -0.2) is 15.8 Å². The van der Waals surface area contributed by atoms with Crippen molar-refractivity contribution in [2.45, 2.75) is 17.9 Å². The molecule has 3 nitrogen and oxygen atoms in total. The Bertz CT molecular complexity index is 493. The highest BCUT2D eigenvalue weighted by molar-refractivity contribution is 7.98. The Morgan fingerprint density at radius 2 is 2.24 bits per heavy atom. The zero-order valence-electron chi connectivity index (χ0n) is 10.3. The van der Waals surface area contributed by atoms with E-state index in [2.05, 4.69) is 47.7 Å². The lowest BCUT2D eigenvalue weighted by Crippen LogP contribution is -2.11. The number of thioether (sulfide) groups is 1. The summed E-state index contributed by atoms with van der Waals surface area (Å²) in [5.74, 6) is 1.04. The molecule has 0 bridgehead atoms. The molecule has 2 rings (SSSR count). The van der Waals surface area contributed by atoms with Crippen molar-refractivity contribution >= 4 is 17.4 Å². The average Bonchev–Trinajstić information content (AvgIpc) is 2.76. The summed E-state index contributed by atoms with van der Waals surface area (Å²) < 4.78 is 2.04. The fourth-order valence-electron chi connectivity index (χ4n) is 1.82. The highest BCUT2D eigenvalue weighted by atomic mass is 32.2. The number of rotatable bonds is 4. The number of nitrogens with one attached hydrogen (secondary N) is 1. The predicted molar refractivity (Wildman–Crippen MR) is 73.5 cm³/mol. The second-order valence-electron chi connectivity index (χ2n) is 3.99. The van der Waals surface area contributed by atoms with Crippen LogP contribution in [0.4, 0.5) is 5.69 Å². The summed E-state index contributed by atoms with van der Waals surface area (Å²) in [6, 6.07) is 8.62. The Hall–Kier alpha value is -1.42. The van der Waals surface area contributed by atoms with E-state index >= 15 is 0 Å². The maximum absolute atomic E-state index is 4.35. The number of aryl methyl sites for hydroxylation is 1. The summed E-state index contributed by atoms with van der Waals surface area (Å²) in [5.41, 5.74) is 1.13. The van der Waals surface area contributed by atoms with Crippen LogP contribution in [0.25, 0.3) is 0 Å². The van der Waals surface area contributed by atoms with E-state index in [1.165, 1.54) is 4.90 Å². The molecule has 1 aromatic heterocycles. The molecule has 1 heterocycles. The Balaban J connectivity index is 2.13. The molecule has 1 atom stereocenters. The van der Waals surface area contributed by atoms with E-state index < -0.39 is 0 Å². The van der Waals surface area contributed by atoms with E-state index in [0.29, 0.717) is 0 Å². The van der Waals surface area contributed by atoms with Gasteiger partial charge in [0.1, 0.15) is 5.82 Å². The van der Waals surface area contributed by atoms with Gasteiger partial charge < -0.3 is 9.88 Å². The molecule has 17 heavy (non-hydrogen) atoms. The Labute approximate surface area is 106 Å². The van der Waals surface area contributed by atoms with Crippen LogP contribution >= 0.6 is 11.8 Å². The minimum absolute atomic E-state index is 0.201. The van der Waals surface area contributed by atoms with Crippen molar-refractivity contribution in [2.75, 3.05) is 11.6 Å². The molecule has 0 aliphatic rings. The minimum Gasteiger partial charge on any atom is -0.375 e. The Morgan fingerprint density at radius 1 is 1.41 bits per heavy atom. The molecule has 0 saturated carbocycles. The highest BCUT2D eigenvalue weighted by Gasteiger charge is 2.09. The van der Waals surface area contributed by atoms with Crippen LogP contribution in [0, 0.1) is 0 Å². The smallest absolute Gasteiger partial charge is 0.130 e. The summed E-state index contributed by atoms with van der Waals surface area (Å²) in [6.07, 6.45) is 5.87. The van der Waals surface area contributed by atoms with Gasteiger partial charge in [-0.1, -0.05) is 6.07 Å². The van der Waals surface area contributed by atoms with Gasteiger partial charge in [0.25, 0.3) is 0 Å². The maximum Gasteiger partial charge on any atom is 0.130 e. The quantitative estimate of drug-likeness (QED) is 0.841. The first kappa shape index (κ1) is 12.0. The number of hydrogen-bond acceptors (Lipinski definition) is 3. The lowest BCUT2D eigenvalue weighted by Gasteiger charge is -2.15. The zero-order chi connectivity index (χ0) is 12.3. The topological polar surface area (TPSA) is 29.9 Å². The van der Waals surface area contributed by atoms with E-state index in [1.54, 1.807) is 11.8 Å². The number of hydrogen-bond donors (Lipinski definition) is 1. The van der Waals surface area contributed by atoms with Gasteiger partial charge in [0, 0.05) is 30.0 Å². The Kier molecular flexibility index (Phi) is 3.74. The van der Waals surface area contributed by atoms with Gasteiger partial charge in [-0.25, -0.2) is 4.98 Å². The second-order valence-corrected chi connectivity index (χ2v) is 4.87. The third-order valence-electron chi connectivity index (χ3n) is 2.70. The first-order chi connectivity index (χ1) is 8.20. The summed E-state index contributed by atoms with van der Waals surface area (Å²) in [4.78, 5) is 5.62. The normalized spacial score (nSPS) is 12.4. The van der Waals surface area contributed by atoms with Crippen LogP contribution in [0.1, 0.15) is 18.8 Å². The van der Waals surface area contributed by atoms with Gasteiger partial charge in [-0.2, -0.15) is 0 Å². The van der Waals surface area contributed by atoms with Crippen LogP contribution in [0.2, 0.25) is 0 Å². The molecule has 0 radical (unpaired) electrons. The molecule has 0 aliphatic heterocycles. The number of imidazole rings is 1. The fraction of sp³-hybridized carbons (Fsp3) is 0.308. The van der Waals surface area contributed by atoms with Gasteiger partial charge >= 0.3 is 0 Å². The highest BCUT2D eigenvalue weighted by Crippen LogP contribution is 2.22. The first-order valence-electron chi connectivity index (χ1n) is 5.58. The molecular weight excluding hydrogens is 230 g/mol. The molecule has 1 N–H and O–H groups in total. The van der Waals surface area contributed by atoms with Crippen molar-refractivity contribution < 1.29 is 0 Å². The largest absolute Gasteiger partial charge is 0.375 e. The van der Waals surface area contributed by atoms with E-state index in [0.717, 1.165) is 11.5 Å². The van der Waals surface area contributed by atoms with Crippen LogP contribution in [0.15, 0.2) is 41.6 Å². The van der Waals surface area contributed by atoms with Gasteiger partial charge in [-0.05, 0) is 31.4 Å². The lowest BCUT2D eigenvalue weighted by molar-refractivity contribution is 0.721. The summed E-state index contributed by atoms with van der Waals surface area (Å²) in [7, 11) is 2.01. The van der Waals surface area contributed by atoms with Crippen molar-refractivity contribution in [3.05, 3.63) is 42.5 Å². The van der Waals surface area contributed by atoms with Gasteiger partial charge in [0.05, 0.1) is 6.04 Å². The molecule has 4 heteroatoms. The minimum atomic E-state index is 0.201. The first-order valence-corrected chi connectivity index (χ1v) is 6.81. The zero-order valence-corrected chi connectivity index (χ0v) is 11.2. The summed E-state index contributed by atoms with van der Waals surface area (Å²) in [6.45, 7) is 2.12. The molecule has 0 saturated heterocycles. The van der Waals surface area contributed by atoms with Crippen LogP contribution in [0.3, 0.4) is 0 Å². The lowest BCUT2D eigenvalue weighted by atomic mass is 10.2. The van der Waals surface area contributed by atoms with Gasteiger partial charge in [-0.3, -0.25) is 0 Å². The number of anilines is 1. The molecule has 0 fully saturated rings. The van der Waals surface area contributed by atoms with E-state index in [4.69, 9.17) is 0 Å². The van der Waals surface area contributed by atoms with Crippen LogP contribution < -0.4 is 5.32 Å². The van der Waals surface area contributed by atoms with E-state index in [-0.39, 0.29) is 6.04 Å². The second kappa shape index (κ2) is 5.27. The molecule has 90 valence electrons. The maximum atomic E-state index is 4.35. The molecular formula is C13H17N3S. The summed E-state index contributed by atoms with van der Waals surface area (Å²) >= 11 is 1.75. The van der Waals surface area contributed by atoms with Crippen molar-refractivity contribution in [3.63, 3.8) is 0 Å². The Morgan fingerprint density at radius 3 is 2.88 bits per heavy atom. The van der Waals surface area contributed by atoms with Gasteiger partial charge in [-0.15, -0.1) is 11.8 Å². The van der Waals surface area contributed by atoms with Crippen molar-refractivity contribution in [3.8, 4) is 0 Å². The van der Waals surface area contributed by atoms with Crippen LogP contribution in [-0.2, 0) is 7.05 Å². The third-order valence-corrected chi connectivity index (χ3v) is 3.42. The SMILES string of the molecule is CSc1cccc(NC(C)c2nccn2C)c1. The number of nitrogens with zero attached hydrogens (tertiary/aromatic N) is 2. The van der Waals surface area contributed by atoms with Crippen molar-refractivity contribution in [2.24, 2.45) is 7.05 Å². The van der Waals surface area contributed by atoms with E-state index in [9.17, 15) is 0 Å². The number of benzene rings is 1. The van der Waals surface area contributed by atoms with Gasteiger partial charge in [0.15, 0.2) is 0 Å². The summed E-state index contributed by atoms with van der Waals surface area (Å²) in [5, 5.41) is 3.46. The fourth-order valence-corrected chi connectivity index (χ4v) is 2.28. The number of aromatic nitrogens is 2. The third kappa shape index (κ3) is 2.82. The van der Waals surface area contributed by atoms with Crippen molar-refractivity contribution in [1.82, 2.24) is 9.55 Å². The average molecular weight is 247 g/mol. The van der Waals surface area contributed by atoms with E-state index in [1.807, 2.05) is 24.0 Å². The van der Waals surface area contributed by atoms with Gasteiger partial charge in [0.2, 0.25) is 0 Å². The molecule has 0 amide bonds. The standard InChI is InChI=1S/C13H17N3S/c1-10(13-14-7-8-16(13)2)15-11-5-4-6-12(9-11)17-3/h4-10,15H,1-3H3. The molecule has 0 aliphatic carbocycles. The molecule has 0 spiro atoms.